The van der Waals surface area contributed by atoms with Gasteiger partial charge in [-0.3, -0.25) is 9.59 Å². The largest absolute Gasteiger partial charge is 0.474 e. The van der Waals surface area contributed by atoms with Gasteiger partial charge in [0, 0.05) is 19.3 Å². The van der Waals surface area contributed by atoms with Crippen LogP contribution in [-0.2, 0) is 25.5 Å². The number of rotatable bonds is 11. The number of carbonyl (C=O) groups is 2. The number of amides is 1. The van der Waals surface area contributed by atoms with Gasteiger partial charge in [-0.2, -0.15) is 0 Å². The topological polar surface area (TPSA) is 67.9 Å². The third kappa shape index (κ3) is 11.4. The lowest BCUT2D eigenvalue weighted by molar-refractivity contribution is -0.160. The van der Waals surface area contributed by atoms with Crippen LogP contribution in [0, 0.1) is 5.92 Å². The number of benzene rings is 1. The van der Waals surface area contributed by atoms with Gasteiger partial charge < -0.3 is 19.7 Å². The van der Waals surface area contributed by atoms with Gasteiger partial charge in [0.1, 0.15) is 17.1 Å². The predicted molar refractivity (Wildman–Crippen MR) is 131 cm³/mol. The highest BCUT2D eigenvalue weighted by Gasteiger charge is 2.26. The fraction of sp³-hybridized carbons (Fsp3) is 0.600. The maximum atomic E-state index is 12.9. The summed E-state index contributed by atoms with van der Waals surface area (Å²) in [7, 11) is 1.93. The predicted octanol–water partition coefficient (Wildman–Crippen LogP) is 5.36. The summed E-state index contributed by atoms with van der Waals surface area (Å²) < 4.78 is 11.5. The van der Waals surface area contributed by atoms with Crippen molar-refractivity contribution in [3.8, 4) is 0 Å². The summed E-state index contributed by atoms with van der Waals surface area (Å²) >= 11 is 5.58. The molecule has 0 radical (unpaired) electrons. The number of anilines is 1. The van der Waals surface area contributed by atoms with E-state index in [0.717, 1.165) is 12.0 Å². The molecule has 0 saturated heterocycles. The Morgan fingerprint density at radius 2 is 1.75 bits per heavy atom. The Morgan fingerprint density at radius 3 is 2.31 bits per heavy atom. The summed E-state index contributed by atoms with van der Waals surface area (Å²) in [6.07, 6.45) is 1.94. The SMILES string of the molecule is C=C(OC(C)(C)C)N(C)CCCC(Cc1cccc(NC(=O)CCl)c1)C(=O)OC(C)(C)C. The van der Waals surface area contributed by atoms with E-state index in [-0.39, 0.29) is 29.3 Å². The number of esters is 1. The minimum absolute atomic E-state index is 0.109. The van der Waals surface area contributed by atoms with E-state index < -0.39 is 5.60 Å². The maximum absolute atomic E-state index is 12.9. The van der Waals surface area contributed by atoms with Crippen LogP contribution in [0.1, 0.15) is 59.9 Å². The lowest BCUT2D eigenvalue weighted by Gasteiger charge is -2.29. The number of alkyl halides is 1. The Bertz CT molecular complexity index is 781. The van der Waals surface area contributed by atoms with Gasteiger partial charge in [-0.05, 0) is 85.1 Å². The summed E-state index contributed by atoms with van der Waals surface area (Å²) in [5.74, 6) is -0.302. The Labute approximate surface area is 198 Å². The first-order valence-corrected chi connectivity index (χ1v) is 11.5. The second-order valence-corrected chi connectivity index (χ2v) is 10.3. The maximum Gasteiger partial charge on any atom is 0.309 e. The average molecular weight is 467 g/mol. The van der Waals surface area contributed by atoms with Crippen LogP contribution in [0.3, 0.4) is 0 Å². The van der Waals surface area contributed by atoms with E-state index in [4.69, 9.17) is 21.1 Å². The van der Waals surface area contributed by atoms with Crippen LogP contribution >= 0.6 is 11.6 Å². The molecule has 0 aliphatic carbocycles. The number of hydrogen-bond acceptors (Lipinski definition) is 5. The van der Waals surface area contributed by atoms with Crippen molar-refractivity contribution in [1.82, 2.24) is 4.90 Å². The standard InChI is InChI=1S/C25H39ClN2O4/c1-18(31-24(2,3)4)28(8)14-10-12-20(23(30)32-25(5,6)7)15-19-11-9-13-21(16-19)27-22(29)17-26/h9,11,13,16,20H,1,10,12,14-15,17H2,2-8H3,(H,27,29). The highest BCUT2D eigenvalue weighted by molar-refractivity contribution is 6.29. The summed E-state index contributed by atoms with van der Waals surface area (Å²) in [5.41, 5.74) is 0.735. The van der Waals surface area contributed by atoms with Crippen molar-refractivity contribution in [2.24, 2.45) is 5.92 Å². The summed E-state index contributed by atoms with van der Waals surface area (Å²) in [6, 6.07) is 7.46. The molecule has 0 spiro atoms. The van der Waals surface area contributed by atoms with E-state index in [9.17, 15) is 9.59 Å². The van der Waals surface area contributed by atoms with Crippen LogP contribution in [0.4, 0.5) is 5.69 Å². The zero-order valence-corrected chi connectivity index (χ0v) is 21.3. The van der Waals surface area contributed by atoms with Gasteiger partial charge in [-0.15, -0.1) is 11.6 Å². The molecule has 1 N–H and O–H groups in total. The number of halogens is 1. The Balaban J connectivity index is 2.84. The lowest BCUT2D eigenvalue weighted by atomic mass is 9.94. The van der Waals surface area contributed by atoms with E-state index in [2.05, 4.69) is 11.9 Å². The normalized spacial score (nSPS) is 12.6. The molecular formula is C25H39ClN2O4. The molecule has 0 fully saturated rings. The Hall–Kier alpha value is -2.21. The number of ether oxygens (including phenoxy) is 2. The molecule has 1 amide bonds. The molecule has 0 aromatic heterocycles. The first-order chi connectivity index (χ1) is 14.7. The molecule has 1 atom stereocenters. The van der Waals surface area contributed by atoms with Crippen LogP contribution in [0.2, 0.25) is 0 Å². The molecule has 0 bridgehead atoms. The van der Waals surface area contributed by atoms with Gasteiger partial charge in [0.2, 0.25) is 5.91 Å². The molecule has 32 heavy (non-hydrogen) atoms. The highest BCUT2D eigenvalue weighted by atomic mass is 35.5. The first kappa shape index (κ1) is 27.8. The molecule has 6 nitrogen and oxygen atoms in total. The molecule has 1 aromatic carbocycles. The summed E-state index contributed by atoms with van der Waals surface area (Å²) in [6.45, 7) is 16.2. The molecule has 1 aromatic rings. The van der Waals surface area contributed by atoms with Crippen molar-refractivity contribution in [2.45, 2.75) is 72.0 Å². The minimum atomic E-state index is -0.558. The summed E-state index contributed by atoms with van der Waals surface area (Å²) in [5, 5.41) is 2.74. The van der Waals surface area contributed by atoms with E-state index in [0.29, 0.717) is 31.0 Å². The van der Waals surface area contributed by atoms with E-state index in [1.54, 1.807) is 6.07 Å². The zero-order valence-electron chi connectivity index (χ0n) is 20.6. The van der Waals surface area contributed by atoms with Crippen LogP contribution < -0.4 is 5.32 Å². The molecule has 1 rings (SSSR count). The van der Waals surface area contributed by atoms with Crippen LogP contribution in [-0.4, -0.2) is 47.5 Å². The van der Waals surface area contributed by atoms with Crippen LogP contribution in [0.25, 0.3) is 0 Å². The van der Waals surface area contributed by atoms with Crippen molar-refractivity contribution in [1.29, 1.82) is 0 Å². The van der Waals surface area contributed by atoms with E-state index >= 15 is 0 Å². The minimum Gasteiger partial charge on any atom is -0.474 e. The van der Waals surface area contributed by atoms with Gasteiger partial charge >= 0.3 is 5.97 Å². The zero-order chi connectivity index (χ0) is 24.5. The number of hydrogen-bond donors (Lipinski definition) is 1. The van der Waals surface area contributed by atoms with Crippen molar-refractivity contribution < 1.29 is 19.1 Å². The summed E-state index contributed by atoms with van der Waals surface area (Å²) in [4.78, 5) is 26.4. The van der Waals surface area contributed by atoms with Gasteiger partial charge in [0.25, 0.3) is 0 Å². The molecule has 0 aliphatic rings. The molecule has 0 saturated carbocycles. The van der Waals surface area contributed by atoms with Crippen molar-refractivity contribution in [3.05, 3.63) is 42.3 Å². The van der Waals surface area contributed by atoms with Gasteiger partial charge in [-0.25, -0.2) is 0 Å². The van der Waals surface area contributed by atoms with Crippen LogP contribution in [0.5, 0.6) is 0 Å². The Kier molecular flexibility index (Phi) is 10.6. The fourth-order valence-electron chi connectivity index (χ4n) is 3.07. The average Bonchev–Trinajstić information content (AvgIpc) is 2.64. The third-order valence-electron chi connectivity index (χ3n) is 4.45. The molecule has 0 aliphatic heterocycles. The first-order valence-electron chi connectivity index (χ1n) is 11.0. The number of nitrogens with one attached hydrogen (secondary N) is 1. The number of carbonyl (C=O) groups excluding carboxylic acids is 2. The highest BCUT2D eigenvalue weighted by Crippen LogP contribution is 2.22. The van der Waals surface area contributed by atoms with Crippen molar-refractivity contribution in [3.63, 3.8) is 0 Å². The monoisotopic (exact) mass is 466 g/mol. The smallest absolute Gasteiger partial charge is 0.309 e. The number of nitrogens with zero attached hydrogens (tertiary/aromatic N) is 1. The van der Waals surface area contributed by atoms with Gasteiger partial charge in [0.05, 0.1) is 5.92 Å². The second-order valence-electron chi connectivity index (χ2n) is 9.99. The molecule has 180 valence electrons. The molecule has 1 unspecified atom stereocenters. The second kappa shape index (κ2) is 12.1. The Morgan fingerprint density at radius 1 is 1.12 bits per heavy atom. The molecule has 0 heterocycles. The molecule has 7 heteroatoms. The van der Waals surface area contributed by atoms with Gasteiger partial charge in [0.15, 0.2) is 5.88 Å². The van der Waals surface area contributed by atoms with E-state index in [1.165, 1.54) is 0 Å². The van der Waals surface area contributed by atoms with E-state index in [1.807, 2.05) is 71.7 Å². The van der Waals surface area contributed by atoms with Gasteiger partial charge in [-0.1, -0.05) is 12.1 Å². The fourth-order valence-corrected chi connectivity index (χ4v) is 3.14. The quantitative estimate of drug-likeness (QED) is 0.270. The van der Waals surface area contributed by atoms with Crippen molar-refractivity contribution >= 4 is 29.2 Å². The third-order valence-corrected chi connectivity index (χ3v) is 4.69. The van der Waals surface area contributed by atoms with Crippen LogP contribution in [0.15, 0.2) is 36.7 Å². The van der Waals surface area contributed by atoms with Crippen molar-refractivity contribution in [2.75, 3.05) is 24.8 Å². The molecular weight excluding hydrogens is 428 g/mol. The lowest BCUT2D eigenvalue weighted by Crippen LogP contribution is -2.31.